The van der Waals surface area contributed by atoms with Crippen LogP contribution in [0, 0.1) is 12.8 Å². The average Bonchev–Trinajstić information content (AvgIpc) is 2.95. The Morgan fingerprint density at radius 3 is 2.93 bits per heavy atom. The molecular formula is C12H18N2. The van der Waals surface area contributed by atoms with Gasteiger partial charge in [0.2, 0.25) is 0 Å². The molecule has 76 valence electrons. The summed E-state index contributed by atoms with van der Waals surface area (Å²) in [5, 5.41) is 3.45. The van der Waals surface area contributed by atoms with Crippen LogP contribution < -0.4 is 11.1 Å². The van der Waals surface area contributed by atoms with E-state index in [1.54, 1.807) is 0 Å². The molecule has 1 aromatic rings. The van der Waals surface area contributed by atoms with Crippen LogP contribution in [-0.2, 0) is 6.54 Å². The summed E-state index contributed by atoms with van der Waals surface area (Å²) in [6.07, 6.45) is 2.80. The monoisotopic (exact) mass is 190 g/mol. The van der Waals surface area contributed by atoms with Gasteiger partial charge in [-0.25, -0.2) is 0 Å². The molecule has 0 aliphatic heterocycles. The fourth-order valence-corrected chi connectivity index (χ4v) is 1.62. The number of hydrogen-bond acceptors (Lipinski definition) is 2. The molecule has 0 bridgehead atoms. The highest BCUT2D eigenvalue weighted by Gasteiger charge is 2.20. The summed E-state index contributed by atoms with van der Waals surface area (Å²) in [4.78, 5) is 0. The predicted octanol–water partition coefficient (Wildman–Crippen LogP) is 2.08. The molecule has 1 fully saturated rings. The van der Waals surface area contributed by atoms with Crippen molar-refractivity contribution in [1.29, 1.82) is 0 Å². The molecule has 2 heteroatoms. The first kappa shape index (κ1) is 9.53. The van der Waals surface area contributed by atoms with Gasteiger partial charge in [-0.3, -0.25) is 0 Å². The summed E-state index contributed by atoms with van der Waals surface area (Å²) in [5.41, 5.74) is 9.29. The highest BCUT2D eigenvalue weighted by Crippen LogP contribution is 2.27. The summed E-state index contributed by atoms with van der Waals surface area (Å²) in [6, 6.07) is 6.21. The highest BCUT2D eigenvalue weighted by molar-refractivity contribution is 5.48. The Hall–Kier alpha value is -1.02. The molecule has 1 aliphatic rings. The first-order chi connectivity index (χ1) is 6.75. The van der Waals surface area contributed by atoms with Gasteiger partial charge in [-0.2, -0.15) is 0 Å². The molecule has 2 rings (SSSR count). The van der Waals surface area contributed by atoms with Crippen LogP contribution in [0.25, 0.3) is 0 Å². The number of nitrogen functional groups attached to an aromatic ring is 1. The molecule has 1 aliphatic carbocycles. The molecule has 2 nitrogen and oxygen atoms in total. The Kier molecular flexibility index (Phi) is 2.73. The van der Waals surface area contributed by atoms with Crippen molar-refractivity contribution in [2.75, 3.05) is 12.3 Å². The molecule has 0 radical (unpaired) electrons. The summed E-state index contributed by atoms with van der Waals surface area (Å²) in [7, 11) is 0. The minimum absolute atomic E-state index is 0.902. The van der Waals surface area contributed by atoms with Gasteiger partial charge < -0.3 is 11.1 Å². The van der Waals surface area contributed by atoms with Crippen molar-refractivity contribution < 1.29 is 0 Å². The van der Waals surface area contributed by atoms with Gasteiger partial charge in [-0.1, -0.05) is 17.7 Å². The summed E-state index contributed by atoms with van der Waals surface area (Å²) in [5.74, 6) is 0.932. The third-order valence-electron chi connectivity index (χ3n) is 2.74. The second-order valence-electron chi connectivity index (χ2n) is 4.28. The van der Waals surface area contributed by atoms with Crippen molar-refractivity contribution in [1.82, 2.24) is 5.32 Å². The van der Waals surface area contributed by atoms with E-state index in [0.29, 0.717) is 0 Å². The number of aryl methyl sites for hydroxylation is 1. The van der Waals surface area contributed by atoms with Crippen molar-refractivity contribution >= 4 is 5.69 Å². The lowest BCUT2D eigenvalue weighted by atomic mass is 10.1. The standard InChI is InChI=1S/C12H18N2/c1-9-2-5-12(13)11(6-9)8-14-7-10-3-4-10/h2,5-6,10,14H,3-4,7-8,13H2,1H3. The van der Waals surface area contributed by atoms with Crippen LogP contribution in [0.4, 0.5) is 5.69 Å². The van der Waals surface area contributed by atoms with E-state index in [1.807, 2.05) is 6.07 Å². The Morgan fingerprint density at radius 1 is 1.43 bits per heavy atom. The fourth-order valence-electron chi connectivity index (χ4n) is 1.62. The van der Waals surface area contributed by atoms with Crippen molar-refractivity contribution in [3.63, 3.8) is 0 Å². The maximum absolute atomic E-state index is 5.88. The number of benzene rings is 1. The molecule has 0 saturated heterocycles. The normalized spacial score (nSPS) is 15.8. The quantitative estimate of drug-likeness (QED) is 0.713. The summed E-state index contributed by atoms with van der Waals surface area (Å²) < 4.78 is 0. The molecule has 3 N–H and O–H groups in total. The van der Waals surface area contributed by atoms with Crippen LogP contribution in [0.2, 0.25) is 0 Å². The topological polar surface area (TPSA) is 38.0 Å². The Bertz CT molecular complexity index is 316. The van der Waals surface area contributed by atoms with Gasteiger partial charge >= 0.3 is 0 Å². The zero-order valence-electron chi connectivity index (χ0n) is 8.72. The van der Waals surface area contributed by atoms with Gasteiger partial charge in [0.15, 0.2) is 0 Å². The van der Waals surface area contributed by atoms with Crippen LogP contribution >= 0.6 is 0 Å². The second kappa shape index (κ2) is 4.01. The van der Waals surface area contributed by atoms with Crippen molar-refractivity contribution in [3.8, 4) is 0 Å². The van der Waals surface area contributed by atoms with E-state index in [4.69, 9.17) is 5.73 Å². The highest BCUT2D eigenvalue weighted by atomic mass is 14.9. The van der Waals surface area contributed by atoms with Crippen LogP contribution in [-0.4, -0.2) is 6.54 Å². The Morgan fingerprint density at radius 2 is 2.21 bits per heavy atom. The zero-order valence-corrected chi connectivity index (χ0v) is 8.72. The first-order valence-corrected chi connectivity index (χ1v) is 5.31. The number of nitrogens with one attached hydrogen (secondary N) is 1. The summed E-state index contributed by atoms with van der Waals surface area (Å²) >= 11 is 0. The van der Waals surface area contributed by atoms with Crippen molar-refractivity contribution in [2.45, 2.75) is 26.3 Å². The fraction of sp³-hybridized carbons (Fsp3) is 0.500. The smallest absolute Gasteiger partial charge is 0.0359 e. The molecule has 0 unspecified atom stereocenters. The van der Waals surface area contributed by atoms with Gasteiger partial charge in [0.25, 0.3) is 0 Å². The lowest BCUT2D eigenvalue weighted by Crippen LogP contribution is -2.17. The maximum atomic E-state index is 5.88. The SMILES string of the molecule is Cc1ccc(N)c(CNCC2CC2)c1. The van der Waals surface area contributed by atoms with E-state index < -0.39 is 0 Å². The molecular weight excluding hydrogens is 172 g/mol. The van der Waals surface area contributed by atoms with Crippen LogP contribution in [0.3, 0.4) is 0 Å². The number of rotatable bonds is 4. The largest absolute Gasteiger partial charge is 0.398 e. The second-order valence-corrected chi connectivity index (χ2v) is 4.28. The van der Waals surface area contributed by atoms with Crippen LogP contribution in [0.5, 0.6) is 0 Å². The third kappa shape index (κ3) is 2.48. The maximum Gasteiger partial charge on any atom is 0.0359 e. The van der Waals surface area contributed by atoms with Gasteiger partial charge in [0, 0.05) is 12.2 Å². The zero-order chi connectivity index (χ0) is 9.97. The van der Waals surface area contributed by atoms with E-state index in [2.05, 4.69) is 24.4 Å². The van der Waals surface area contributed by atoms with Crippen LogP contribution in [0.15, 0.2) is 18.2 Å². The number of hydrogen-bond donors (Lipinski definition) is 2. The molecule has 0 amide bonds. The molecule has 14 heavy (non-hydrogen) atoms. The molecule has 0 atom stereocenters. The lowest BCUT2D eigenvalue weighted by Gasteiger charge is -2.07. The van der Waals surface area contributed by atoms with Gasteiger partial charge in [0.05, 0.1) is 0 Å². The third-order valence-corrected chi connectivity index (χ3v) is 2.74. The number of anilines is 1. The lowest BCUT2D eigenvalue weighted by molar-refractivity contribution is 0.639. The van der Waals surface area contributed by atoms with Gasteiger partial charge in [-0.05, 0) is 43.9 Å². The van der Waals surface area contributed by atoms with Gasteiger partial charge in [0.1, 0.15) is 0 Å². The van der Waals surface area contributed by atoms with Gasteiger partial charge in [-0.15, -0.1) is 0 Å². The van der Waals surface area contributed by atoms with E-state index in [1.165, 1.54) is 24.0 Å². The average molecular weight is 190 g/mol. The molecule has 0 aromatic heterocycles. The molecule has 0 spiro atoms. The predicted molar refractivity (Wildman–Crippen MR) is 60.0 cm³/mol. The van der Waals surface area contributed by atoms with Crippen molar-refractivity contribution in [2.24, 2.45) is 5.92 Å². The van der Waals surface area contributed by atoms with E-state index >= 15 is 0 Å². The minimum Gasteiger partial charge on any atom is -0.398 e. The van der Waals surface area contributed by atoms with E-state index in [0.717, 1.165) is 24.7 Å². The van der Waals surface area contributed by atoms with E-state index in [9.17, 15) is 0 Å². The number of nitrogens with two attached hydrogens (primary N) is 1. The minimum atomic E-state index is 0.902. The van der Waals surface area contributed by atoms with Crippen molar-refractivity contribution in [3.05, 3.63) is 29.3 Å². The van der Waals surface area contributed by atoms with Crippen LogP contribution in [0.1, 0.15) is 24.0 Å². The molecule has 1 aromatic carbocycles. The first-order valence-electron chi connectivity index (χ1n) is 5.31. The molecule has 1 saturated carbocycles. The summed E-state index contributed by atoms with van der Waals surface area (Å²) in [6.45, 7) is 4.15. The Balaban J connectivity index is 1.89. The Labute approximate surface area is 85.5 Å². The molecule has 0 heterocycles. The van der Waals surface area contributed by atoms with E-state index in [-0.39, 0.29) is 0 Å².